The Labute approximate surface area is 77.0 Å². The highest BCUT2D eigenvalue weighted by atomic mass is 32.1. The Morgan fingerprint density at radius 3 is 3.00 bits per heavy atom. The molecule has 0 aromatic carbocycles. The van der Waals surface area contributed by atoms with Crippen LogP contribution in [0.15, 0.2) is 11.6 Å². The zero-order chi connectivity index (χ0) is 8.81. The van der Waals surface area contributed by atoms with Crippen molar-refractivity contribution in [2.24, 2.45) is 0 Å². The van der Waals surface area contributed by atoms with Crippen molar-refractivity contribution in [1.29, 1.82) is 0 Å². The Kier molecular flexibility index (Phi) is 4.04. The summed E-state index contributed by atoms with van der Waals surface area (Å²) < 4.78 is 5.01. The average Bonchev–Trinajstić information content (AvgIpc) is 2.59. The van der Waals surface area contributed by atoms with Crippen LogP contribution in [0.4, 0.5) is 5.13 Å². The first-order valence-electron chi connectivity index (χ1n) is 4.02. The summed E-state index contributed by atoms with van der Waals surface area (Å²) >= 11 is 1.67. The van der Waals surface area contributed by atoms with Gasteiger partial charge in [0.2, 0.25) is 0 Å². The predicted molar refractivity (Wildman–Crippen MR) is 51.9 cm³/mol. The quantitative estimate of drug-likeness (QED) is 0.698. The Balaban J connectivity index is 2.45. The highest BCUT2D eigenvalue weighted by Crippen LogP contribution is 2.16. The van der Waals surface area contributed by atoms with Crippen LogP contribution in [0.25, 0.3) is 0 Å². The Morgan fingerprint density at radius 1 is 1.67 bits per heavy atom. The molecule has 0 saturated carbocycles. The Morgan fingerprint density at radius 2 is 2.50 bits per heavy atom. The number of anilines is 1. The number of methoxy groups -OCH3 is 1. The number of thiazole rings is 1. The van der Waals surface area contributed by atoms with E-state index in [2.05, 4.69) is 16.8 Å². The highest BCUT2D eigenvalue weighted by molar-refractivity contribution is 7.13. The maximum Gasteiger partial charge on any atom is 0.185 e. The lowest BCUT2D eigenvalue weighted by atomic mass is 10.5. The second-order valence-electron chi connectivity index (χ2n) is 2.39. The minimum Gasteiger partial charge on any atom is -0.383 e. The van der Waals surface area contributed by atoms with E-state index in [1.54, 1.807) is 18.4 Å². The molecule has 0 aliphatic carbocycles. The van der Waals surface area contributed by atoms with Crippen LogP contribution in [0.1, 0.15) is 6.92 Å². The van der Waals surface area contributed by atoms with Gasteiger partial charge in [-0.15, -0.1) is 11.3 Å². The van der Waals surface area contributed by atoms with Gasteiger partial charge in [0, 0.05) is 31.8 Å². The lowest BCUT2D eigenvalue weighted by Gasteiger charge is -2.18. The molecule has 0 radical (unpaired) electrons. The largest absolute Gasteiger partial charge is 0.383 e. The minimum absolute atomic E-state index is 0.757. The number of hydrogen-bond acceptors (Lipinski definition) is 4. The van der Waals surface area contributed by atoms with Crippen molar-refractivity contribution < 1.29 is 4.74 Å². The fourth-order valence-electron chi connectivity index (χ4n) is 0.963. The van der Waals surface area contributed by atoms with Crippen molar-refractivity contribution in [2.75, 3.05) is 31.7 Å². The van der Waals surface area contributed by atoms with Gasteiger partial charge in [0.15, 0.2) is 5.13 Å². The number of nitrogens with zero attached hydrogens (tertiary/aromatic N) is 2. The van der Waals surface area contributed by atoms with E-state index in [4.69, 9.17) is 4.74 Å². The van der Waals surface area contributed by atoms with Gasteiger partial charge >= 0.3 is 0 Å². The van der Waals surface area contributed by atoms with Crippen molar-refractivity contribution in [1.82, 2.24) is 4.98 Å². The first-order chi connectivity index (χ1) is 5.88. The number of hydrogen-bond donors (Lipinski definition) is 0. The fraction of sp³-hybridized carbons (Fsp3) is 0.625. The molecule has 3 nitrogen and oxygen atoms in total. The molecular weight excluding hydrogens is 172 g/mol. The molecule has 0 spiro atoms. The summed E-state index contributed by atoms with van der Waals surface area (Å²) in [6.45, 7) is 4.78. The van der Waals surface area contributed by atoms with Crippen molar-refractivity contribution in [3.05, 3.63) is 11.6 Å². The van der Waals surface area contributed by atoms with Crippen LogP contribution >= 0.6 is 11.3 Å². The number of ether oxygens (including phenoxy) is 1. The lowest BCUT2D eigenvalue weighted by molar-refractivity contribution is 0.205. The molecule has 1 aromatic rings. The zero-order valence-electron chi connectivity index (χ0n) is 7.49. The van der Waals surface area contributed by atoms with Gasteiger partial charge in [0.25, 0.3) is 0 Å². The van der Waals surface area contributed by atoms with Crippen LogP contribution in [0.2, 0.25) is 0 Å². The summed E-state index contributed by atoms with van der Waals surface area (Å²) in [4.78, 5) is 6.43. The van der Waals surface area contributed by atoms with Crippen molar-refractivity contribution >= 4 is 16.5 Å². The summed E-state index contributed by atoms with van der Waals surface area (Å²) in [6.07, 6.45) is 1.83. The fourth-order valence-corrected chi connectivity index (χ4v) is 1.70. The van der Waals surface area contributed by atoms with E-state index in [0.717, 1.165) is 24.8 Å². The molecule has 1 rings (SSSR count). The van der Waals surface area contributed by atoms with Crippen LogP contribution < -0.4 is 4.90 Å². The van der Waals surface area contributed by atoms with Gasteiger partial charge in [0.1, 0.15) is 0 Å². The van der Waals surface area contributed by atoms with Crippen LogP contribution in [0, 0.1) is 0 Å². The molecule has 0 amide bonds. The summed E-state index contributed by atoms with van der Waals surface area (Å²) in [5.41, 5.74) is 0. The molecule has 12 heavy (non-hydrogen) atoms. The second kappa shape index (κ2) is 5.11. The first kappa shape index (κ1) is 9.48. The van der Waals surface area contributed by atoms with E-state index in [9.17, 15) is 0 Å². The Hall–Kier alpha value is -0.610. The maximum atomic E-state index is 5.01. The van der Waals surface area contributed by atoms with Crippen molar-refractivity contribution in [3.63, 3.8) is 0 Å². The highest BCUT2D eigenvalue weighted by Gasteiger charge is 2.04. The number of rotatable bonds is 5. The van der Waals surface area contributed by atoms with Crippen LogP contribution in [-0.2, 0) is 4.74 Å². The third-order valence-corrected chi connectivity index (χ3v) is 2.47. The van der Waals surface area contributed by atoms with Crippen molar-refractivity contribution in [3.8, 4) is 0 Å². The molecule has 0 saturated heterocycles. The van der Waals surface area contributed by atoms with Gasteiger partial charge in [-0.1, -0.05) is 0 Å². The molecule has 0 bridgehead atoms. The van der Waals surface area contributed by atoms with E-state index in [-0.39, 0.29) is 0 Å². The third kappa shape index (κ3) is 2.46. The van der Waals surface area contributed by atoms with Crippen LogP contribution in [-0.4, -0.2) is 31.8 Å². The Bertz CT molecular complexity index is 201. The van der Waals surface area contributed by atoms with Crippen LogP contribution in [0.3, 0.4) is 0 Å². The molecule has 0 aliphatic heterocycles. The van der Waals surface area contributed by atoms with E-state index in [0.29, 0.717) is 0 Å². The SMILES string of the molecule is CCN(CCOC)c1nccs1. The van der Waals surface area contributed by atoms with Gasteiger partial charge in [-0.25, -0.2) is 4.98 Å². The van der Waals surface area contributed by atoms with Gasteiger partial charge in [0.05, 0.1) is 6.61 Å². The van der Waals surface area contributed by atoms with Crippen molar-refractivity contribution in [2.45, 2.75) is 6.92 Å². The second-order valence-corrected chi connectivity index (χ2v) is 3.26. The van der Waals surface area contributed by atoms with E-state index in [1.807, 2.05) is 11.6 Å². The topological polar surface area (TPSA) is 25.4 Å². The van der Waals surface area contributed by atoms with Gasteiger partial charge in [-0.2, -0.15) is 0 Å². The molecule has 0 fully saturated rings. The number of likely N-dealkylation sites (N-methyl/N-ethyl adjacent to an activating group) is 1. The molecular formula is C8H14N2OS. The molecule has 0 aliphatic rings. The average molecular weight is 186 g/mol. The van der Waals surface area contributed by atoms with E-state index >= 15 is 0 Å². The molecule has 1 aromatic heterocycles. The molecule has 0 atom stereocenters. The normalized spacial score (nSPS) is 10.2. The van der Waals surface area contributed by atoms with E-state index < -0.39 is 0 Å². The monoisotopic (exact) mass is 186 g/mol. The molecule has 0 unspecified atom stereocenters. The summed E-state index contributed by atoms with van der Waals surface area (Å²) in [6, 6.07) is 0. The standard InChI is InChI=1S/C8H14N2OS/c1-3-10(5-6-11-2)8-9-4-7-12-8/h4,7H,3,5-6H2,1-2H3. The predicted octanol–water partition coefficient (Wildman–Crippen LogP) is 1.62. The van der Waals surface area contributed by atoms with E-state index in [1.165, 1.54) is 0 Å². The summed E-state index contributed by atoms with van der Waals surface area (Å²) in [5, 5.41) is 3.07. The molecule has 4 heteroatoms. The maximum absolute atomic E-state index is 5.01. The minimum atomic E-state index is 0.757. The van der Waals surface area contributed by atoms with Crippen LogP contribution in [0.5, 0.6) is 0 Å². The number of aromatic nitrogens is 1. The van der Waals surface area contributed by atoms with Gasteiger partial charge < -0.3 is 9.64 Å². The molecule has 1 heterocycles. The van der Waals surface area contributed by atoms with Gasteiger partial charge in [-0.05, 0) is 6.92 Å². The lowest BCUT2D eigenvalue weighted by Crippen LogP contribution is -2.26. The smallest absolute Gasteiger partial charge is 0.185 e. The first-order valence-corrected chi connectivity index (χ1v) is 4.89. The third-order valence-electron chi connectivity index (χ3n) is 1.64. The summed E-state index contributed by atoms with van der Waals surface area (Å²) in [7, 11) is 1.72. The zero-order valence-corrected chi connectivity index (χ0v) is 8.30. The molecule has 0 N–H and O–H groups in total. The molecule has 68 valence electrons. The van der Waals surface area contributed by atoms with Gasteiger partial charge in [-0.3, -0.25) is 0 Å². The summed E-state index contributed by atoms with van der Waals surface area (Å²) in [5.74, 6) is 0.